The van der Waals surface area contributed by atoms with Gasteiger partial charge in [-0.25, -0.2) is 0 Å². The van der Waals surface area contributed by atoms with E-state index < -0.39 is 8.07 Å². The largest absolute Gasteiger partial charge is 0.456 e. The maximum Gasteiger partial charge on any atom is 0.179 e. The van der Waals surface area contributed by atoms with Crippen LogP contribution in [0.3, 0.4) is 0 Å². The van der Waals surface area contributed by atoms with Crippen molar-refractivity contribution in [3.05, 3.63) is 242 Å². The molecule has 306 valence electrons. The van der Waals surface area contributed by atoms with Crippen LogP contribution in [0.2, 0.25) is 0 Å². The lowest BCUT2D eigenvalue weighted by Gasteiger charge is -2.34. The maximum absolute atomic E-state index is 6.86. The number of hydrogen-bond donors (Lipinski definition) is 0. The molecule has 0 fully saturated rings. The highest BCUT2D eigenvalue weighted by Crippen LogP contribution is 2.53. The second-order valence-corrected chi connectivity index (χ2v) is 22.1. The topological polar surface area (TPSA) is 13.1 Å². The molecule has 1 aliphatic rings. The van der Waals surface area contributed by atoms with E-state index in [0.29, 0.717) is 0 Å². The van der Waals surface area contributed by atoms with E-state index in [-0.39, 0.29) is 5.41 Å². The van der Waals surface area contributed by atoms with Gasteiger partial charge in [0.1, 0.15) is 11.2 Å². The van der Waals surface area contributed by atoms with Crippen LogP contribution in [0.1, 0.15) is 25.0 Å². The molecule has 0 saturated carbocycles. The Morgan fingerprint density at radius 3 is 1.42 bits per heavy atom. The van der Waals surface area contributed by atoms with E-state index in [4.69, 9.17) is 4.42 Å². The summed E-state index contributed by atoms with van der Waals surface area (Å²) in [6, 6.07) is 85.8. The van der Waals surface area contributed by atoms with Gasteiger partial charge in [0, 0.05) is 16.2 Å². The smallest absolute Gasteiger partial charge is 0.179 e. The van der Waals surface area contributed by atoms with E-state index in [0.717, 1.165) is 21.9 Å². The molecule has 1 aromatic heterocycles. The van der Waals surface area contributed by atoms with Crippen molar-refractivity contribution in [1.29, 1.82) is 0 Å². The van der Waals surface area contributed by atoms with Crippen molar-refractivity contribution in [1.82, 2.24) is 0 Å². The minimum Gasteiger partial charge on any atom is -0.456 e. The Bertz CT molecular complexity index is 3690. The van der Waals surface area contributed by atoms with E-state index in [2.05, 4.69) is 244 Å². The summed E-state index contributed by atoms with van der Waals surface area (Å²) in [4.78, 5) is 0. The van der Waals surface area contributed by atoms with Crippen molar-refractivity contribution in [2.45, 2.75) is 19.3 Å². The average Bonchev–Trinajstić information content (AvgIpc) is 3.84. The van der Waals surface area contributed by atoms with Gasteiger partial charge in [0.2, 0.25) is 0 Å². The molecule has 1 heterocycles. The Morgan fingerprint density at radius 2 is 0.831 bits per heavy atom. The van der Waals surface area contributed by atoms with E-state index >= 15 is 0 Å². The Kier molecular flexibility index (Phi) is 8.34. The van der Waals surface area contributed by atoms with Gasteiger partial charge in [-0.3, -0.25) is 0 Å². The van der Waals surface area contributed by atoms with E-state index in [1.807, 2.05) is 0 Å². The first-order chi connectivity index (χ1) is 32.0. The summed E-state index contributed by atoms with van der Waals surface area (Å²) in [5.74, 6) is 0. The highest BCUT2D eigenvalue weighted by atomic mass is 28.3. The fourth-order valence-corrected chi connectivity index (χ4v) is 16.5. The Balaban J connectivity index is 0.987. The van der Waals surface area contributed by atoms with E-state index in [9.17, 15) is 0 Å². The van der Waals surface area contributed by atoms with Crippen LogP contribution in [0.4, 0.5) is 0 Å². The fraction of sp³-hybridized carbons (Fsp3) is 0.0476. The molecule has 13 rings (SSSR count). The average molecular weight is 845 g/mol. The molecule has 2 heteroatoms. The Labute approximate surface area is 379 Å². The third-order valence-electron chi connectivity index (χ3n) is 14.6. The summed E-state index contributed by atoms with van der Waals surface area (Å²) < 4.78 is 6.86. The molecule has 0 bridgehead atoms. The van der Waals surface area contributed by atoms with Gasteiger partial charge < -0.3 is 4.42 Å². The third kappa shape index (κ3) is 5.51. The summed E-state index contributed by atoms with van der Waals surface area (Å²) in [5.41, 5.74) is 12.1. The highest BCUT2D eigenvalue weighted by molar-refractivity contribution is 7.20. The molecule has 0 atom stereocenters. The number of benzene rings is 11. The first kappa shape index (κ1) is 37.7. The van der Waals surface area contributed by atoms with Gasteiger partial charge in [-0.1, -0.05) is 220 Å². The van der Waals surface area contributed by atoms with E-state index in [1.165, 1.54) is 97.6 Å². The lowest BCUT2D eigenvalue weighted by Crippen LogP contribution is -2.74. The van der Waals surface area contributed by atoms with Crippen LogP contribution in [0.15, 0.2) is 235 Å². The van der Waals surface area contributed by atoms with Gasteiger partial charge in [-0.05, 0) is 122 Å². The molecule has 0 spiro atoms. The monoisotopic (exact) mass is 844 g/mol. The predicted molar refractivity (Wildman–Crippen MR) is 278 cm³/mol. The SMILES string of the molecule is CC1(C)c2cc(-c3c4ccccc4c(-c4ccc5oc6cc([Si](c7ccccc7)(c7ccccc7)c7ccccc7)ccc6c5c4)c4ccccc34)ccc2-c2ccc3ccccc3c21. The summed E-state index contributed by atoms with van der Waals surface area (Å²) in [5, 5.41) is 15.2. The van der Waals surface area contributed by atoms with Gasteiger partial charge in [-0.2, -0.15) is 0 Å². The summed E-state index contributed by atoms with van der Waals surface area (Å²) in [6.07, 6.45) is 0. The molecule has 0 unspecified atom stereocenters. The summed E-state index contributed by atoms with van der Waals surface area (Å²) in [7, 11) is -2.73. The minimum atomic E-state index is -2.73. The van der Waals surface area contributed by atoms with Crippen LogP contribution in [0.5, 0.6) is 0 Å². The predicted octanol–water partition coefficient (Wildman–Crippen LogP) is 14.1. The number of fused-ring (bicyclic) bond motifs is 10. The van der Waals surface area contributed by atoms with Gasteiger partial charge >= 0.3 is 0 Å². The zero-order chi connectivity index (χ0) is 43.3. The molecular weight excluding hydrogens is 801 g/mol. The zero-order valence-electron chi connectivity index (χ0n) is 36.3. The maximum atomic E-state index is 6.86. The summed E-state index contributed by atoms with van der Waals surface area (Å²) >= 11 is 0. The molecule has 0 aliphatic heterocycles. The standard InChI is InChI=1S/C63H44OSi/c1-63(2)57-39-43(31-34-49(57)55-35-30-41-18-12-13-25-48(41)62(55)63)61-53-28-16-14-26-51(53)60(52-27-15-17-29-54(52)61)42-32-37-58-56(38-42)50-36-33-47(40-59(50)64-58)65(44-19-6-3-7-20-44,45-21-8-4-9-22-45)46-23-10-5-11-24-46/h3-40H,1-2H3. The van der Waals surface area contributed by atoms with Gasteiger partial charge in [0.15, 0.2) is 8.07 Å². The molecule has 65 heavy (non-hydrogen) atoms. The molecule has 1 aliphatic carbocycles. The first-order valence-electron chi connectivity index (χ1n) is 22.7. The summed E-state index contributed by atoms with van der Waals surface area (Å²) in [6.45, 7) is 4.80. The van der Waals surface area contributed by atoms with Gasteiger partial charge in [0.05, 0.1) is 0 Å². The quantitative estimate of drug-likeness (QED) is 0.0923. The molecule has 0 radical (unpaired) electrons. The second kappa shape index (κ2) is 14.4. The van der Waals surface area contributed by atoms with Crippen LogP contribution < -0.4 is 20.7 Å². The minimum absolute atomic E-state index is 0.148. The Morgan fingerprint density at radius 1 is 0.338 bits per heavy atom. The normalized spacial score (nSPS) is 13.2. The van der Waals surface area contributed by atoms with Crippen molar-refractivity contribution < 1.29 is 4.42 Å². The molecule has 0 amide bonds. The molecule has 11 aromatic carbocycles. The van der Waals surface area contributed by atoms with Gasteiger partial charge in [-0.15, -0.1) is 0 Å². The van der Waals surface area contributed by atoms with E-state index in [1.54, 1.807) is 0 Å². The van der Waals surface area contributed by atoms with Crippen molar-refractivity contribution >= 4 is 83.1 Å². The zero-order valence-corrected chi connectivity index (χ0v) is 37.3. The first-order valence-corrected chi connectivity index (χ1v) is 24.7. The highest BCUT2D eigenvalue weighted by Gasteiger charge is 2.42. The van der Waals surface area contributed by atoms with Crippen LogP contribution >= 0.6 is 0 Å². The van der Waals surface area contributed by atoms with Crippen LogP contribution in [-0.4, -0.2) is 8.07 Å². The fourth-order valence-electron chi connectivity index (χ4n) is 11.7. The lowest BCUT2D eigenvalue weighted by atomic mass is 9.79. The molecule has 0 N–H and O–H groups in total. The molecular formula is C63H44OSi. The van der Waals surface area contributed by atoms with Crippen molar-refractivity contribution in [2.75, 3.05) is 0 Å². The van der Waals surface area contributed by atoms with Gasteiger partial charge in [0.25, 0.3) is 0 Å². The number of rotatable bonds is 6. The number of furan rings is 1. The van der Waals surface area contributed by atoms with Crippen molar-refractivity contribution in [3.8, 4) is 33.4 Å². The second-order valence-electron chi connectivity index (χ2n) is 18.3. The van der Waals surface area contributed by atoms with Crippen LogP contribution in [-0.2, 0) is 5.41 Å². The molecule has 1 nitrogen and oxygen atoms in total. The molecule has 0 saturated heterocycles. The lowest BCUT2D eigenvalue weighted by molar-refractivity contribution is 0.666. The van der Waals surface area contributed by atoms with Crippen molar-refractivity contribution in [2.24, 2.45) is 0 Å². The van der Waals surface area contributed by atoms with Crippen LogP contribution in [0, 0.1) is 0 Å². The molecule has 12 aromatic rings. The van der Waals surface area contributed by atoms with Crippen LogP contribution in [0.25, 0.3) is 87.6 Å². The number of hydrogen-bond acceptors (Lipinski definition) is 1. The van der Waals surface area contributed by atoms with Crippen molar-refractivity contribution in [3.63, 3.8) is 0 Å². The third-order valence-corrected chi connectivity index (χ3v) is 19.3. The Hall–Kier alpha value is -7.78.